The van der Waals surface area contributed by atoms with E-state index in [1.807, 2.05) is 66.1 Å². The van der Waals surface area contributed by atoms with Crippen molar-refractivity contribution in [1.82, 2.24) is 25.6 Å². The Kier molecular flexibility index (Phi) is 8.16. The monoisotopic (exact) mass is 516 g/mol. The first kappa shape index (κ1) is 25.5. The van der Waals surface area contributed by atoms with Crippen molar-refractivity contribution in [3.63, 3.8) is 0 Å². The van der Waals surface area contributed by atoms with E-state index in [2.05, 4.69) is 27.6 Å². The summed E-state index contributed by atoms with van der Waals surface area (Å²) in [4.78, 5) is 23.1. The number of nitrogens with one attached hydrogen (secondary N) is 2. The molecule has 0 radical (unpaired) electrons. The SMILES string of the molecule is C=C(NNC(=O)CSc1nnc(-c2ccccc2)n1-c1ccc(OCC)cc1)c1cccc([N+](=O)[O-])c1. The van der Waals surface area contributed by atoms with Gasteiger partial charge < -0.3 is 4.74 Å². The van der Waals surface area contributed by atoms with E-state index in [0.29, 0.717) is 28.8 Å². The summed E-state index contributed by atoms with van der Waals surface area (Å²) < 4.78 is 7.44. The van der Waals surface area contributed by atoms with E-state index in [1.54, 1.807) is 12.1 Å². The third kappa shape index (κ3) is 6.33. The van der Waals surface area contributed by atoms with E-state index in [-0.39, 0.29) is 17.3 Å². The molecule has 0 saturated heterocycles. The predicted molar refractivity (Wildman–Crippen MR) is 142 cm³/mol. The molecule has 0 fully saturated rings. The number of rotatable bonds is 11. The fourth-order valence-electron chi connectivity index (χ4n) is 3.42. The first-order valence-corrected chi connectivity index (χ1v) is 12.3. The number of nitro benzene ring substituents is 1. The maximum absolute atomic E-state index is 12.6. The largest absolute Gasteiger partial charge is 0.494 e. The highest BCUT2D eigenvalue weighted by Gasteiger charge is 2.17. The molecule has 0 unspecified atom stereocenters. The lowest BCUT2D eigenvalue weighted by Crippen LogP contribution is -2.37. The highest BCUT2D eigenvalue weighted by molar-refractivity contribution is 7.99. The summed E-state index contributed by atoms with van der Waals surface area (Å²) in [6.45, 7) is 6.33. The molecular formula is C26H24N6O4S. The van der Waals surface area contributed by atoms with Crippen molar-refractivity contribution in [3.05, 3.63) is 101 Å². The molecular weight excluding hydrogens is 492 g/mol. The second-order valence-electron chi connectivity index (χ2n) is 7.68. The zero-order chi connectivity index (χ0) is 26.2. The Morgan fingerprint density at radius 2 is 1.81 bits per heavy atom. The molecule has 4 rings (SSSR count). The summed E-state index contributed by atoms with van der Waals surface area (Å²) in [6, 6.07) is 23.2. The maximum atomic E-state index is 12.6. The summed E-state index contributed by atoms with van der Waals surface area (Å²) in [6.07, 6.45) is 0. The molecule has 0 atom stereocenters. The molecule has 10 nitrogen and oxygen atoms in total. The van der Waals surface area contributed by atoms with Crippen LogP contribution in [0, 0.1) is 10.1 Å². The molecule has 0 saturated carbocycles. The molecule has 4 aromatic rings. The molecule has 1 amide bonds. The van der Waals surface area contributed by atoms with Gasteiger partial charge >= 0.3 is 0 Å². The average molecular weight is 517 g/mol. The Labute approximate surface area is 217 Å². The van der Waals surface area contributed by atoms with Crippen molar-refractivity contribution in [3.8, 4) is 22.8 Å². The van der Waals surface area contributed by atoms with Gasteiger partial charge in [-0.1, -0.05) is 60.8 Å². The van der Waals surface area contributed by atoms with Crippen LogP contribution in [0.5, 0.6) is 5.75 Å². The van der Waals surface area contributed by atoms with Gasteiger partial charge in [-0.3, -0.25) is 30.3 Å². The number of nitro groups is 1. The molecule has 1 heterocycles. The predicted octanol–water partition coefficient (Wildman–Crippen LogP) is 4.63. The van der Waals surface area contributed by atoms with Crippen molar-refractivity contribution >= 4 is 29.1 Å². The molecule has 2 N–H and O–H groups in total. The number of amides is 1. The molecule has 11 heteroatoms. The lowest BCUT2D eigenvalue weighted by molar-refractivity contribution is -0.384. The number of carbonyl (C=O) groups is 1. The standard InChI is InChI=1S/C26H24N6O4S/c1-3-36-23-14-12-21(13-15-23)31-25(19-8-5-4-6-9-19)29-30-26(31)37-17-24(33)28-27-18(2)20-10-7-11-22(16-20)32(34)35/h4-16,27H,2-3,17H2,1H3,(H,28,33). The first-order chi connectivity index (χ1) is 18.0. The van der Waals surface area contributed by atoms with E-state index in [0.717, 1.165) is 17.0 Å². The van der Waals surface area contributed by atoms with E-state index in [9.17, 15) is 14.9 Å². The van der Waals surface area contributed by atoms with Crippen LogP contribution in [0.3, 0.4) is 0 Å². The van der Waals surface area contributed by atoms with Gasteiger partial charge in [0.1, 0.15) is 5.75 Å². The van der Waals surface area contributed by atoms with Crippen molar-refractivity contribution in [1.29, 1.82) is 0 Å². The zero-order valence-corrected chi connectivity index (χ0v) is 20.8. The van der Waals surface area contributed by atoms with E-state index in [4.69, 9.17) is 4.74 Å². The van der Waals surface area contributed by atoms with Crippen LogP contribution in [-0.4, -0.2) is 38.0 Å². The average Bonchev–Trinajstić information content (AvgIpc) is 3.35. The molecule has 0 aliphatic carbocycles. The topological polar surface area (TPSA) is 124 Å². The van der Waals surface area contributed by atoms with E-state index in [1.165, 1.54) is 23.9 Å². The molecule has 0 spiro atoms. The minimum Gasteiger partial charge on any atom is -0.494 e. The molecule has 3 aromatic carbocycles. The number of hydrogen-bond acceptors (Lipinski definition) is 8. The van der Waals surface area contributed by atoms with Crippen LogP contribution in [0.15, 0.2) is 90.6 Å². The molecule has 37 heavy (non-hydrogen) atoms. The first-order valence-electron chi connectivity index (χ1n) is 11.3. The van der Waals surface area contributed by atoms with Crippen molar-refractivity contribution in [2.24, 2.45) is 0 Å². The quantitative estimate of drug-likeness (QED) is 0.168. The number of hydrogen-bond donors (Lipinski definition) is 2. The summed E-state index contributed by atoms with van der Waals surface area (Å²) >= 11 is 1.22. The van der Waals surface area contributed by atoms with Crippen LogP contribution in [-0.2, 0) is 4.79 Å². The smallest absolute Gasteiger partial charge is 0.270 e. The van der Waals surface area contributed by atoms with E-state index < -0.39 is 4.92 Å². The summed E-state index contributed by atoms with van der Waals surface area (Å²) in [5, 5.41) is 20.2. The highest BCUT2D eigenvalue weighted by Crippen LogP contribution is 2.29. The molecule has 1 aromatic heterocycles. The number of ether oxygens (including phenoxy) is 1. The van der Waals surface area contributed by atoms with Gasteiger partial charge in [-0.15, -0.1) is 10.2 Å². The third-order valence-electron chi connectivity index (χ3n) is 5.16. The van der Waals surface area contributed by atoms with Crippen molar-refractivity contribution in [2.75, 3.05) is 12.4 Å². The molecule has 188 valence electrons. The maximum Gasteiger partial charge on any atom is 0.270 e. The fourth-order valence-corrected chi connectivity index (χ4v) is 4.17. The van der Waals surface area contributed by atoms with E-state index >= 15 is 0 Å². The molecule has 0 bridgehead atoms. The Hall–Kier alpha value is -4.64. The number of aromatic nitrogens is 3. The normalized spacial score (nSPS) is 10.5. The number of benzene rings is 3. The minimum absolute atomic E-state index is 0.0408. The zero-order valence-electron chi connectivity index (χ0n) is 20.0. The Morgan fingerprint density at radius 3 is 2.51 bits per heavy atom. The Balaban J connectivity index is 1.47. The minimum atomic E-state index is -0.490. The Bertz CT molecular complexity index is 1410. The van der Waals surface area contributed by atoms with Gasteiger partial charge in [-0.25, -0.2) is 0 Å². The van der Waals surface area contributed by atoms with Gasteiger partial charge in [0, 0.05) is 28.9 Å². The fraction of sp³-hybridized carbons (Fsp3) is 0.115. The number of carbonyl (C=O) groups excluding carboxylic acids is 1. The number of nitrogens with zero attached hydrogens (tertiary/aromatic N) is 4. The van der Waals surface area contributed by atoms with Crippen molar-refractivity contribution < 1.29 is 14.5 Å². The highest BCUT2D eigenvalue weighted by atomic mass is 32.2. The lowest BCUT2D eigenvalue weighted by Gasteiger charge is -2.13. The van der Waals surface area contributed by atoms with Gasteiger partial charge in [0.2, 0.25) is 5.91 Å². The van der Waals surface area contributed by atoms with Gasteiger partial charge in [0.25, 0.3) is 5.69 Å². The number of non-ortho nitro benzene ring substituents is 1. The summed E-state index contributed by atoms with van der Waals surface area (Å²) in [5.74, 6) is 1.10. The lowest BCUT2D eigenvalue weighted by atomic mass is 10.1. The molecule has 0 aliphatic rings. The van der Waals surface area contributed by atoms with Gasteiger partial charge in [0.15, 0.2) is 11.0 Å². The van der Waals surface area contributed by atoms with Crippen molar-refractivity contribution in [2.45, 2.75) is 12.1 Å². The van der Waals surface area contributed by atoms with Crippen LogP contribution in [0.4, 0.5) is 5.69 Å². The molecule has 0 aliphatic heterocycles. The van der Waals surface area contributed by atoms with Crippen LogP contribution in [0.2, 0.25) is 0 Å². The van der Waals surface area contributed by atoms with Gasteiger partial charge in [0.05, 0.1) is 23.0 Å². The number of hydrazine groups is 1. The second kappa shape index (κ2) is 11.9. The third-order valence-corrected chi connectivity index (χ3v) is 6.09. The van der Waals surface area contributed by atoms with Crippen LogP contribution in [0.1, 0.15) is 12.5 Å². The summed E-state index contributed by atoms with van der Waals surface area (Å²) in [7, 11) is 0. The Morgan fingerprint density at radius 1 is 1.05 bits per heavy atom. The second-order valence-corrected chi connectivity index (χ2v) is 8.62. The van der Waals surface area contributed by atoms with Gasteiger partial charge in [-0.2, -0.15) is 0 Å². The number of thioether (sulfide) groups is 1. The van der Waals surface area contributed by atoms with Crippen LogP contribution < -0.4 is 15.6 Å². The van der Waals surface area contributed by atoms with Gasteiger partial charge in [-0.05, 0) is 31.2 Å². The van der Waals surface area contributed by atoms with Crippen LogP contribution in [0.25, 0.3) is 22.8 Å². The van der Waals surface area contributed by atoms with Crippen LogP contribution >= 0.6 is 11.8 Å². The summed E-state index contributed by atoms with van der Waals surface area (Å²) in [5.41, 5.74) is 7.74.